The molecule has 5 nitrogen and oxygen atoms in total. The van der Waals surface area contributed by atoms with Crippen LogP contribution in [0.5, 0.6) is 5.75 Å². The van der Waals surface area contributed by atoms with Crippen molar-refractivity contribution in [3.05, 3.63) is 59.1 Å². The highest BCUT2D eigenvalue weighted by molar-refractivity contribution is 6.30. The zero-order valence-corrected chi connectivity index (χ0v) is 15.5. The number of halogens is 1. The smallest absolute Gasteiger partial charge is 0.241 e. The van der Waals surface area contributed by atoms with Crippen LogP contribution in [-0.2, 0) is 11.3 Å². The Labute approximate surface area is 158 Å². The molecule has 1 saturated heterocycles. The summed E-state index contributed by atoms with van der Waals surface area (Å²) in [5.74, 6) is 0.811. The van der Waals surface area contributed by atoms with Crippen molar-refractivity contribution in [2.75, 3.05) is 31.2 Å². The Morgan fingerprint density at radius 1 is 1.23 bits per heavy atom. The fourth-order valence-electron chi connectivity index (χ4n) is 3.09. The standard InChI is InChI=1S/C20H23ClN2O3/c1-15-12-23(18-4-2-3-17(21)11-18)20(25)14-22(15)13-16-5-7-19(8-6-16)26-10-9-24/h2-8,11,15,24H,9-10,12-14H2,1H3. The highest BCUT2D eigenvalue weighted by Crippen LogP contribution is 2.24. The van der Waals surface area contributed by atoms with E-state index in [4.69, 9.17) is 21.4 Å². The van der Waals surface area contributed by atoms with Gasteiger partial charge in [0.15, 0.2) is 0 Å². The molecule has 2 aromatic carbocycles. The molecule has 1 fully saturated rings. The molecule has 1 unspecified atom stereocenters. The molecule has 0 aromatic heterocycles. The van der Waals surface area contributed by atoms with E-state index in [9.17, 15) is 4.79 Å². The number of aliphatic hydroxyl groups is 1. The lowest BCUT2D eigenvalue weighted by atomic mass is 10.1. The molecule has 1 aliphatic rings. The van der Waals surface area contributed by atoms with Crippen molar-refractivity contribution in [3.63, 3.8) is 0 Å². The van der Waals surface area contributed by atoms with Gasteiger partial charge in [0.2, 0.25) is 5.91 Å². The summed E-state index contributed by atoms with van der Waals surface area (Å²) in [4.78, 5) is 16.6. The number of amides is 1. The van der Waals surface area contributed by atoms with Gasteiger partial charge in [-0.15, -0.1) is 0 Å². The zero-order chi connectivity index (χ0) is 18.5. The minimum atomic E-state index is -0.00170. The van der Waals surface area contributed by atoms with Crippen molar-refractivity contribution in [2.45, 2.75) is 19.5 Å². The Morgan fingerprint density at radius 2 is 2.00 bits per heavy atom. The van der Waals surface area contributed by atoms with E-state index in [2.05, 4.69) is 11.8 Å². The number of piperazine rings is 1. The van der Waals surface area contributed by atoms with Crippen LogP contribution < -0.4 is 9.64 Å². The van der Waals surface area contributed by atoms with E-state index in [0.717, 1.165) is 17.0 Å². The van der Waals surface area contributed by atoms with Gasteiger partial charge < -0.3 is 14.7 Å². The van der Waals surface area contributed by atoms with Gasteiger partial charge in [0.05, 0.1) is 13.2 Å². The molecule has 0 saturated carbocycles. The molecule has 3 rings (SSSR count). The Kier molecular flexibility index (Phi) is 6.14. The molecule has 1 atom stereocenters. The van der Waals surface area contributed by atoms with Gasteiger partial charge in [0.1, 0.15) is 12.4 Å². The van der Waals surface area contributed by atoms with Crippen molar-refractivity contribution in [1.82, 2.24) is 4.90 Å². The van der Waals surface area contributed by atoms with Crippen LogP contribution in [0.4, 0.5) is 5.69 Å². The second-order valence-corrected chi connectivity index (χ2v) is 6.89. The number of nitrogens with zero attached hydrogens (tertiary/aromatic N) is 2. The number of anilines is 1. The van der Waals surface area contributed by atoms with Gasteiger partial charge in [-0.05, 0) is 42.8 Å². The second-order valence-electron chi connectivity index (χ2n) is 6.45. The number of rotatable bonds is 6. The summed E-state index contributed by atoms with van der Waals surface area (Å²) < 4.78 is 5.38. The molecule has 1 N–H and O–H groups in total. The second kappa shape index (κ2) is 8.54. The molecular formula is C20H23ClN2O3. The van der Waals surface area contributed by atoms with E-state index >= 15 is 0 Å². The topological polar surface area (TPSA) is 53.0 Å². The van der Waals surface area contributed by atoms with Crippen LogP contribution in [0.1, 0.15) is 12.5 Å². The lowest BCUT2D eigenvalue weighted by Crippen LogP contribution is -2.54. The monoisotopic (exact) mass is 374 g/mol. The van der Waals surface area contributed by atoms with Gasteiger partial charge in [-0.2, -0.15) is 0 Å². The van der Waals surface area contributed by atoms with E-state index < -0.39 is 0 Å². The highest BCUT2D eigenvalue weighted by atomic mass is 35.5. The van der Waals surface area contributed by atoms with Crippen molar-refractivity contribution in [3.8, 4) is 5.75 Å². The minimum absolute atomic E-state index is 0.00170. The molecule has 0 radical (unpaired) electrons. The van der Waals surface area contributed by atoms with Crippen molar-refractivity contribution in [2.24, 2.45) is 0 Å². The molecule has 6 heteroatoms. The Balaban J connectivity index is 1.63. The first-order valence-electron chi connectivity index (χ1n) is 8.69. The summed E-state index contributed by atoms with van der Waals surface area (Å²) in [6.45, 7) is 4.13. The van der Waals surface area contributed by atoms with E-state index in [1.165, 1.54) is 0 Å². The molecule has 1 amide bonds. The number of hydrogen-bond acceptors (Lipinski definition) is 4. The molecule has 2 aromatic rings. The molecule has 1 aliphatic heterocycles. The van der Waals surface area contributed by atoms with Crippen LogP contribution in [0, 0.1) is 0 Å². The van der Waals surface area contributed by atoms with Crippen molar-refractivity contribution >= 4 is 23.2 Å². The summed E-state index contributed by atoms with van der Waals surface area (Å²) in [5, 5.41) is 9.43. The average molecular weight is 375 g/mol. The van der Waals surface area contributed by atoms with Gasteiger partial charge in [-0.25, -0.2) is 0 Å². The summed E-state index contributed by atoms with van der Waals surface area (Å²) in [6.07, 6.45) is 0. The number of carbonyl (C=O) groups is 1. The SMILES string of the molecule is CC1CN(c2cccc(Cl)c2)C(=O)CN1Cc1ccc(OCCO)cc1. The summed E-state index contributed by atoms with van der Waals surface area (Å²) in [5.41, 5.74) is 1.97. The number of hydrogen-bond donors (Lipinski definition) is 1. The lowest BCUT2D eigenvalue weighted by Gasteiger charge is -2.39. The lowest BCUT2D eigenvalue weighted by molar-refractivity contribution is -0.122. The van der Waals surface area contributed by atoms with Gasteiger partial charge >= 0.3 is 0 Å². The largest absolute Gasteiger partial charge is 0.491 e. The summed E-state index contributed by atoms with van der Waals surface area (Å²) in [6, 6.07) is 15.4. The Morgan fingerprint density at radius 3 is 2.69 bits per heavy atom. The quantitative estimate of drug-likeness (QED) is 0.844. The van der Waals surface area contributed by atoms with Crippen LogP contribution in [0.3, 0.4) is 0 Å². The highest BCUT2D eigenvalue weighted by Gasteiger charge is 2.30. The molecule has 26 heavy (non-hydrogen) atoms. The fourth-order valence-corrected chi connectivity index (χ4v) is 3.28. The first-order chi connectivity index (χ1) is 12.6. The third-order valence-electron chi connectivity index (χ3n) is 4.50. The maximum absolute atomic E-state index is 12.6. The van der Waals surface area contributed by atoms with E-state index in [1.54, 1.807) is 4.90 Å². The fraction of sp³-hybridized carbons (Fsp3) is 0.350. The molecule has 138 valence electrons. The van der Waals surface area contributed by atoms with Gasteiger partial charge in [-0.3, -0.25) is 9.69 Å². The van der Waals surface area contributed by atoms with E-state index in [-0.39, 0.29) is 25.2 Å². The first-order valence-corrected chi connectivity index (χ1v) is 9.07. The van der Waals surface area contributed by atoms with Crippen LogP contribution in [-0.4, -0.2) is 48.3 Å². The van der Waals surface area contributed by atoms with Crippen molar-refractivity contribution in [1.29, 1.82) is 0 Å². The predicted molar refractivity (Wildman–Crippen MR) is 103 cm³/mol. The van der Waals surface area contributed by atoms with Crippen LogP contribution >= 0.6 is 11.6 Å². The molecule has 0 aliphatic carbocycles. The van der Waals surface area contributed by atoms with Crippen molar-refractivity contribution < 1.29 is 14.6 Å². The minimum Gasteiger partial charge on any atom is -0.491 e. The predicted octanol–water partition coefficient (Wildman–Crippen LogP) is 2.95. The Hall–Kier alpha value is -2.08. The maximum Gasteiger partial charge on any atom is 0.241 e. The summed E-state index contributed by atoms with van der Waals surface area (Å²) >= 11 is 6.06. The van der Waals surface area contributed by atoms with Gasteiger partial charge in [-0.1, -0.05) is 29.8 Å². The average Bonchev–Trinajstić information content (AvgIpc) is 2.64. The number of carbonyl (C=O) groups excluding carboxylic acids is 1. The van der Waals surface area contributed by atoms with E-state index in [0.29, 0.717) is 24.7 Å². The number of benzene rings is 2. The number of aliphatic hydroxyl groups excluding tert-OH is 1. The van der Waals surface area contributed by atoms with Crippen LogP contribution in [0.25, 0.3) is 0 Å². The number of ether oxygens (including phenoxy) is 1. The Bertz CT molecular complexity index is 751. The van der Waals surface area contributed by atoms with Gasteiger partial charge in [0.25, 0.3) is 0 Å². The third-order valence-corrected chi connectivity index (χ3v) is 4.73. The van der Waals surface area contributed by atoms with Crippen LogP contribution in [0.2, 0.25) is 5.02 Å². The zero-order valence-electron chi connectivity index (χ0n) is 14.8. The third kappa shape index (κ3) is 4.55. The normalized spacial score (nSPS) is 18.2. The molecular weight excluding hydrogens is 352 g/mol. The molecule has 0 spiro atoms. The van der Waals surface area contributed by atoms with E-state index in [1.807, 2.05) is 48.5 Å². The summed E-state index contributed by atoms with van der Waals surface area (Å²) in [7, 11) is 0. The molecule has 0 bridgehead atoms. The van der Waals surface area contributed by atoms with Gasteiger partial charge in [0, 0.05) is 29.8 Å². The van der Waals surface area contributed by atoms with Crippen LogP contribution in [0.15, 0.2) is 48.5 Å². The molecule has 1 heterocycles. The maximum atomic E-state index is 12.6. The first kappa shape index (κ1) is 18.7.